The summed E-state index contributed by atoms with van der Waals surface area (Å²) in [5.74, 6) is 0.121. The van der Waals surface area contributed by atoms with Crippen molar-refractivity contribution in [2.45, 2.75) is 37.1 Å². The van der Waals surface area contributed by atoms with Crippen molar-refractivity contribution in [1.82, 2.24) is 9.29 Å². The summed E-state index contributed by atoms with van der Waals surface area (Å²) in [6, 6.07) is 17.4. The van der Waals surface area contributed by atoms with E-state index >= 15 is 0 Å². The van der Waals surface area contributed by atoms with Gasteiger partial charge in [0.25, 0.3) is 5.91 Å². The van der Waals surface area contributed by atoms with Crippen molar-refractivity contribution in [3.05, 3.63) is 66.2 Å². The number of carbonyl (C=O) groups is 1. The SMILES string of the molecule is CC1CCCCN1S(=O)(=O)c1ccc(C(=O)Nc2ccc3ccccc3n2)cc1. The number of amides is 1. The summed E-state index contributed by atoms with van der Waals surface area (Å²) in [6.45, 7) is 2.48. The molecule has 29 heavy (non-hydrogen) atoms. The molecular formula is C22H23N3O3S. The minimum Gasteiger partial charge on any atom is -0.307 e. The van der Waals surface area contributed by atoms with Gasteiger partial charge in [-0.25, -0.2) is 13.4 Å². The molecule has 1 aromatic heterocycles. The Morgan fingerprint density at radius 2 is 1.79 bits per heavy atom. The van der Waals surface area contributed by atoms with Crippen LogP contribution in [0.5, 0.6) is 0 Å². The Morgan fingerprint density at radius 1 is 1.03 bits per heavy atom. The Balaban J connectivity index is 1.51. The van der Waals surface area contributed by atoms with Gasteiger partial charge in [0.15, 0.2) is 0 Å². The van der Waals surface area contributed by atoms with E-state index in [1.807, 2.05) is 37.3 Å². The van der Waals surface area contributed by atoms with Crippen molar-refractivity contribution in [2.24, 2.45) is 0 Å². The second-order valence-electron chi connectivity index (χ2n) is 7.33. The Bertz CT molecular complexity index is 1140. The average molecular weight is 410 g/mol. The van der Waals surface area contributed by atoms with Gasteiger partial charge in [-0.15, -0.1) is 0 Å². The number of hydrogen-bond donors (Lipinski definition) is 1. The lowest BCUT2D eigenvalue weighted by Gasteiger charge is -2.32. The van der Waals surface area contributed by atoms with Crippen LogP contribution >= 0.6 is 0 Å². The van der Waals surface area contributed by atoms with E-state index in [1.54, 1.807) is 10.4 Å². The fourth-order valence-corrected chi connectivity index (χ4v) is 5.37. The normalized spacial score (nSPS) is 17.9. The lowest BCUT2D eigenvalue weighted by Crippen LogP contribution is -2.41. The first-order chi connectivity index (χ1) is 13.9. The predicted molar refractivity (Wildman–Crippen MR) is 113 cm³/mol. The maximum absolute atomic E-state index is 12.9. The van der Waals surface area contributed by atoms with E-state index in [-0.39, 0.29) is 16.8 Å². The molecule has 7 heteroatoms. The fourth-order valence-electron chi connectivity index (χ4n) is 3.67. The summed E-state index contributed by atoms with van der Waals surface area (Å²) in [7, 11) is -3.55. The molecule has 2 aromatic carbocycles. The molecule has 2 heterocycles. The van der Waals surface area contributed by atoms with Crippen LogP contribution in [0, 0.1) is 0 Å². The number of nitrogens with one attached hydrogen (secondary N) is 1. The van der Waals surface area contributed by atoms with Crippen molar-refractivity contribution in [3.8, 4) is 0 Å². The monoisotopic (exact) mass is 409 g/mol. The van der Waals surface area contributed by atoms with Crippen LogP contribution in [0.2, 0.25) is 0 Å². The number of sulfonamides is 1. The molecule has 1 saturated heterocycles. The number of aromatic nitrogens is 1. The zero-order chi connectivity index (χ0) is 20.4. The molecule has 3 aromatic rings. The van der Waals surface area contributed by atoms with E-state index in [2.05, 4.69) is 10.3 Å². The molecule has 1 atom stereocenters. The highest BCUT2D eigenvalue weighted by atomic mass is 32.2. The number of anilines is 1. The number of carbonyl (C=O) groups excluding carboxylic acids is 1. The largest absolute Gasteiger partial charge is 0.307 e. The Kier molecular flexibility index (Phi) is 5.34. The van der Waals surface area contributed by atoms with Crippen LogP contribution in [0.1, 0.15) is 36.5 Å². The van der Waals surface area contributed by atoms with E-state index in [9.17, 15) is 13.2 Å². The number of pyridine rings is 1. The first-order valence-electron chi connectivity index (χ1n) is 9.74. The molecule has 6 nitrogen and oxygen atoms in total. The van der Waals surface area contributed by atoms with Gasteiger partial charge in [-0.1, -0.05) is 24.6 Å². The number of piperidine rings is 1. The maximum atomic E-state index is 12.9. The number of rotatable bonds is 4. The Hall–Kier alpha value is -2.77. The summed E-state index contributed by atoms with van der Waals surface area (Å²) < 4.78 is 27.4. The molecular weight excluding hydrogens is 386 g/mol. The average Bonchev–Trinajstić information content (AvgIpc) is 2.74. The van der Waals surface area contributed by atoms with E-state index in [1.165, 1.54) is 24.3 Å². The molecule has 150 valence electrons. The third-order valence-corrected chi connectivity index (χ3v) is 7.33. The lowest BCUT2D eigenvalue weighted by molar-refractivity contribution is 0.102. The Labute approximate surface area is 170 Å². The number of benzene rings is 2. The van der Waals surface area contributed by atoms with E-state index in [4.69, 9.17) is 0 Å². The minimum atomic E-state index is -3.55. The first kappa shape index (κ1) is 19.5. The maximum Gasteiger partial charge on any atom is 0.256 e. The van der Waals surface area contributed by atoms with Gasteiger partial charge in [-0.05, 0) is 62.2 Å². The topological polar surface area (TPSA) is 79.4 Å². The van der Waals surface area contributed by atoms with Gasteiger partial charge < -0.3 is 5.32 Å². The molecule has 1 aliphatic heterocycles. The number of para-hydroxylation sites is 1. The highest BCUT2D eigenvalue weighted by molar-refractivity contribution is 7.89. The summed E-state index contributed by atoms with van der Waals surface area (Å²) >= 11 is 0. The molecule has 0 radical (unpaired) electrons. The van der Waals surface area contributed by atoms with Gasteiger partial charge in [0.05, 0.1) is 10.4 Å². The third-order valence-electron chi connectivity index (χ3n) is 5.31. The van der Waals surface area contributed by atoms with Gasteiger partial charge in [-0.2, -0.15) is 4.31 Å². The third kappa shape index (κ3) is 4.02. The standard InChI is InChI=1S/C22H23N3O3S/c1-16-6-4-5-15-25(16)29(27,28)19-12-9-18(10-13-19)22(26)24-21-14-11-17-7-2-3-8-20(17)23-21/h2-3,7-14,16H,4-6,15H2,1H3,(H,23,24,26). The molecule has 1 N–H and O–H groups in total. The second kappa shape index (κ2) is 7.93. The quantitative estimate of drug-likeness (QED) is 0.705. The van der Waals surface area contributed by atoms with Crippen LogP contribution < -0.4 is 5.32 Å². The number of fused-ring (bicyclic) bond motifs is 1. The molecule has 1 unspecified atom stereocenters. The smallest absolute Gasteiger partial charge is 0.256 e. The lowest BCUT2D eigenvalue weighted by atomic mass is 10.1. The molecule has 1 aliphatic rings. The minimum absolute atomic E-state index is 0.00398. The van der Waals surface area contributed by atoms with Gasteiger partial charge >= 0.3 is 0 Å². The molecule has 0 spiro atoms. The van der Waals surface area contributed by atoms with Crippen LogP contribution in [0.15, 0.2) is 65.6 Å². The molecule has 0 bridgehead atoms. The van der Waals surface area contributed by atoms with Crippen LogP contribution in [-0.4, -0.2) is 36.2 Å². The molecule has 0 saturated carbocycles. The van der Waals surface area contributed by atoms with Crippen LogP contribution in [-0.2, 0) is 10.0 Å². The molecule has 4 rings (SSSR count). The van der Waals surface area contributed by atoms with Gasteiger partial charge in [0.1, 0.15) is 5.82 Å². The van der Waals surface area contributed by atoms with Crippen LogP contribution in [0.4, 0.5) is 5.82 Å². The Morgan fingerprint density at radius 3 is 2.55 bits per heavy atom. The highest BCUT2D eigenvalue weighted by Crippen LogP contribution is 2.25. The zero-order valence-corrected chi connectivity index (χ0v) is 17.0. The zero-order valence-electron chi connectivity index (χ0n) is 16.2. The molecule has 1 amide bonds. The molecule has 1 fully saturated rings. The van der Waals surface area contributed by atoms with Gasteiger partial charge in [0, 0.05) is 23.5 Å². The first-order valence-corrected chi connectivity index (χ1v) is 11.2. The van der Waals surface area contributed by atoms with Crippen LogP contribution in [0.3, 0.4) is 0 Å². The van der Waals surface area contributed by atoms with Crippen molar-refractivity contribution in [3.63, 3.8) is 0 Å². The summed E-state index contributed by atoms with van der Waals surface area (Å²) in [5, 5.41) is 3.76. The summed E-state index contributed by atoms with van der Waals surface area (Å²) in [4.78, 5) is 17.2. The fraction of sp³-hybridized carbons (Fsp3) is 0.273. The van der Waals surface area contributed by atoms with E-state index < -0.39 is 10.0 Å². The highest BCUT2D eigenvalue weighted by Gasteiger charge is 2.30. The van der Waals surface area contributed by atoms with Crippen LogP contribution in [0.25, 0.3) is 10.9 Å². The van der Waals surface area contributed by atoms with Gasteiger partial charge in [0.2, 0.25) is 10.0 Å². The summed E-state index contributed by atoms with van der Waals surface area (Å²) in [5.41, 5.74) is 1.17. The van der Waals surface area contributed by atoms with E-state index in [0.717, 1.165) is 30.2 Å². The number of hydrogen-bond acceptors (Lipinski definition) is 4. The number of nitrogens with zero attached hydrogens (tertiary/aromatic N) is 2. The summed E-state index contributed by atoms with van der Waals surface area (Å²) in [6.07, 6.45) is 2.80. The van der Waals surface area contributed by atoms with Crippen molar-refractivity contribution < 1.29 is 13.2 Å². The predicted octanol–water partition coefficient (Wildman–Crippen LogP) is 4.05. The van der Waals surface area contributed by atoms with E-state index in [0.29, 0.717) is 17.9 Å². The van der Waals surface area contributed by atoms with Gasteiger partial charge in [-0.3, -0.25) is 4.79 Å². The molecule has 0 aliphatic carbocycles. The van der Waals surface area contributed by atoms with Crippen molar-refractivity contribution >= 4 is 32.7 Å². The van der Waals surface area contributed by atoms with Crippen molar-refractivity contribution in [2.75, 3.05) is 11.9 Å². The van der Waals surface area contributed by atoms with Crippen molar-refractivity contribution in [1.29, 1.82) is 0 Å². The second-order valence-corrected chi connectivity index (χ2v) is 9.22.